The molecule has 0 aliphatic heterocycles. The third-order valence-corrected chi connectivity index (χ3v) is 0.651. The van der Waals surface area contributed by atoms with Crippen LogP contribution in [0.2, 0.25) is 0 Å². The number of hydrogen-bond acceptors (Lipinski definition) is 4. The molecule has 0 fully saturated rings. The van der Waals surface area contributed by atoms with Crippen molar-refractivity contribution in [3.63, 3.8) is 0 Å². The van der Waals surface area contributed by atoms with Crippen LogP contribution in [-0.2, 0) is 9.53 Å². The Morgan fingerprint density at radius 3 is 2.89 bits per heavy atom. The van der Waals surface area contributed by atoms with Crippen LogP contribution in [0.5, 0.6) is 0 Å². The van der Waals surface area contributed by atoms with Crippen LogP contribution in [0.25, 0.3) is 0 Å². The molecule has 0 aromatic carbocycles. The fraction of sp³-hybridized carbons (Fsp3) is 0.600. The van der Waals surface area contributed by atoms with Gasteiger partial charge in [-0.2, -0.15) is 5.26 Å². The number of nitrogens with zero attached hydrogens (tertiary/aromatic N) is 1. The number of carbonyl (C=O) groups excluding carboxylic acids is 1. The zero-order valence-electron chi connectivity index (χ0n) is 5.13. The first-order chi connectivity index (χ1) is 4.18. The van der Waals surface area contributed by atoms with E-state index in [2.05, 4.69) is 4.74 Å². The van der Waals surface area contributed by atoms with Crippen LogP contribution in [0.1, 0.15) is 6.92 Å². The summed E-state index contributed by atoms with van der Waals surface area (Å²) in [7, 11) is 0. The average Bonchev–Trinajstić information content (AvgIpc) is 1.82. The molecule has 0 radical (unpaired) electrons. The second-order valence-electron chi connectivity index (χ2n) is 1.55. The molecule has 0 saturated heterocycles. The summed E-state index contributed by atoms with van der Waals surface area (Å²) in [5.41, 5.74) is 5.09. The summed E-state index contributed by atoms with van der Waals surface area (Å²) in [4.78, 5) is 10.4. The van der Waals surface area contributed by atoms with Gasteiger partial charge in [0.1, 0.15) is 12.1 Å². The Labute approximate surface area is 53.2 Å². The van der Waals surface area contributed by atoms with Crippen LogP contribution in [0.15, 0.2) is 0 Å². The number of rotatable bonds is 2. The van der Waals surface area contributed by atoms with E-state index in [-0.39, 0.29) is 6.61 Å². The molecule has 0 aliphatic rings. The molecule has 1 atom stereocenters. The first-order valence-corrected chi connectivity index (χ1v) is 2.47. The minimum absolute atomic E-state index is 0.222. The van der Waals surface area contributed by atoms with E-state index in [1.807, 2.05) is 0 Å². The van der Waals surface area contributed by atoms with Gasteiger partial charge in [0, 0.05) is 0 Å². The maximum Gasteiger partial charge on any atom is 0.323 e. The fourth-order valence-electron chi connectivity index (χ4n) is 0.235. The van der Waals surface area contributed by atoms with Gasteiger partial charge < -0.3 is 10.5 Å². The van der Waals surface area contributed by atoms with Crippen LogP contribution in [-0.4, -0.2) is 18.6 Å². The predicted octanol–water partition coefficient (Wildman–Crippen LogP) is -0.600. The van der Waals surface area contributed by atoms with E-state index >= 15 is 0 Å². The van der Waals surface area contributed by atoms with E-state index in [1.54, 1.807) is 6.07 Å². The molecule has 4 nitrogen and oxygen atoms in total. The zero-order valence-corrected chi connectivity index (χ0v) is 5.13. The van der Waals surface area contributed by atoms with E-state index in [1.165, 1.54) is 6.92 Å². The third kappa shape index (κ3) is 3.50. The molecule has 2 N–H and O–H groups in total. The van der Waals surface area contributed by atoms with E-state index in [0.717, 1.165) is 0 Å². The Morgan fingerprint density at radius 2 is 2.56 bits per heavy atom. The van der Waals surface area contributed by atoms with Gasteiger partial charge in [-0.1, -0.05) is 0 Å². The summed E-state index contributed by atoms with van der Waals surface area (Å²) in [6, 6.07) is 1.01. The first kappa shape index (κ1) is 7.92. The maximum atomic E-state index is 10.4. The highest BCUT2D eigenvalue weighted by Crippen LogP contribution is 1.81. The quantitative estimate of drug-likeness (QED) is 0.504. The summed E-state index contributed by atoms with van der Waals surface area (Å²) >= 11 is 0. The lowest BCUT2D eigenvalue weighted by Crippen LogP contribution is -2.28. The van der Waals surface area contributed by atoms with Gasteiger partial charge in [-0.25, -0.2) is 0 Å². The van der Waals surface area contributed by atoms with Crippen molar-refractivity contribution < 1.29 is 9.53 Å². The molecule has 50 valence electrons. The van der Waals surface area contributed by atoms with Crippen molar-refractivity contribution >= 4 is 5.97 Å². The van der Waals surface area contributed by atoms with Gasteiger partial charge in [0.2, 0.25) is 0 Å². The Kier molecular flexibility index (Phi) is 3.40. The first-order valence-electron chi connectivity index (χ1n) is 2.47. The van der Waals surface area contributed by atoms with E-state index in [0.29, 0.717) is 0 Å². The molecule has 0 saturated carbocycles. The summed E-state index contributed by atoms with van der Waals surface area (Å²) in [5.74, 6) is -0.545. The minimum atomic E-state index is -0.640. The Balaban J connectivity index is 3.42. The van der Waals surface area contributed by atoms with Crippen molar-refractivity contribution in [2.24, 2.45) is 5.73 Å². The fourth-order valence-corrected chi connectivity index (χ4v) is 0.235. The van der Waals surface area contributed by atoms with Gasteiger partial charge in [0.05, 0.1) is 0 Å². The molecule has 0 aromatic rings. The van der Waals surface area contributed by atoms with Crippen LogP contribution in [0.3, 0.4) is 0 Å². The second-order valence-corrected chi connectivity index (χ2v) is 1.55. The summed E-state index contributed by atoms with van der Waals surface area (Å²) in [5, 5.41) is 7.93. The molecule has 0 aromatic heterocycles. The van der Waals surface area contributed by atoms with Crippen molar-refractivity contribution in [3.05, 3.63) is 0 Å². The molecular weight excluding hydrogens is 120 g/mol. The number of nitrogens with two attached hydrogens (primary N) is 1. The van der Waals surface area contributed by atoms with Crippen LogP contribution in [0.4, 0.5) is 0 Å². The van der Waals surface area contributed by atoms with Gasteiger partial charge in [-0.15, -0.1) is 0 Å². The predicted molar refractivity (Wildman–Crippen MR) is 30.2 cm³/mol. The largest absolute Gasteiger partial charge is 0.449 e. The Bertz CT molecular complexity index is 136. The third-order valence-electron chi connectivity index (χ3n) is 0.651. The summed E-state index contributed by atoms with van der Waals surface area (Å²) < 4.78 is 4.33. The van der Waals surface area contributed by atoms with E-state index < -0.39 is 12.0 Å². The van der Waals surface area contributed by atoms with E-state index in [9.17, 15) is 4.79 Å². The number of esters is 1. The van der Waals surface area contributed by atoms with Gasteiger partial charge >= 0.3 is 5.97 Å². The smallest absolute Gasteiger partial charge is 0.323 e. The lowest BCUT2D eigenvalue weighted by atomic mass is 10.4. The topological polar surface area (TPSA) is 76.1 Å². The zero-order chi connectivity index (χ0) is 7.28. The van der Waals surface area contributed by atoms with Crippen LogP contribution >= 0.6 is 0 Å². The Hall–Kier alpha value is -1.08. The number of carbonyl (C=O) groups is 1. The van der Waals surface area contributed by atoms with Crippen LogP contribution < -0.4 is 5.73 Å². The highest BCUT2D eigenvalue weighted by molar-refractivity contribution is 5.74. The second kappa shape index (κ2) is 3.87. The molecule has 9 heavy (non-hydrogen) atoms. The highest BCUT2D eigenvalue weighted by atomic mass is 16.5. The maximum absolute atomic E-state index is 10.4. The highest BCUT2D eigenvalue weighted by Gasteiger charge is 2.06. The number of hydrogen-bond donors (Lipinski definition) is 1. The van der Waals surface area contributed by atoms with Crippen molar-refractivity contribution in [2.75, 3.05) is 6.61 Å². The molecule has 0 unspecified atom stereocenters. The molecule has 0 rings (SSSR count). The molecule has 0 bridgehead atoms. The molecule has 4 heteroatoms. The number of nitriles is 1. The van der Waals surface area contributed by atoms with Crippen molar-refractivity contribution in [1.29, 1.82) is 5.26 Å². The van der Waals surface area contributed by atoms with Gasteiger partial charge in [0.25, 0.3) is 0 Å². The normalized spacial score (nSPS) is 11.7. The lowest BCUT2D eigenvalue weighted by molar-refractivity contribution is -0.143. The molecule has 0 heterocycles. The monoisotopic (exact) mass is 128 g/mol. The van der Waals surface area contributed by atoms with Crippen molar-refractivity contribution in [1.82, 2.24) is 0 Å². The SMILES string of the molecule is C[C@@H](N)C(=O)OCC#N. The van der Waals surface area contributed by atoms with E-state index in [4.69, 9.17) is 11.0 Å². The van der Waals surface area contributed by atoms with Gasteiger partial charge in [0.15, 0.2) is 6.61 Å². The van der Waals surface area contributed by atoms with Gasteiger partial charge in [-0.3, -0.25) is 4.79 Å². The van der Waals surface area contributed by atoms with Crippen molar-refractivity contribution in [2.45, 2.75) is 13.0 Å². The summed E-state index contributed by atoms with van der Waals surface area (Å²) in [6.07, 6.45) is 0. The van der Waals surface area contributed by atoms with Crippen LogP contribution in [0, 0.1) is 11.3 Å². The van der Waals surface area contributed by atoms with Gasteiger partial charge in [-0.05, 0) is 6.92 Å². The Morgan fingerprint density at radius 1 is 2.00 bits per heavy atom. The average molecular weight is 128 g/mol. The standard InChI is InChI=1S/C5H8N2O2/c1-4(7)5(8)9-3-2-6/h4H,3,7H2,1H3/t4-/m1/s1. The molecule has 0 amide bonds. The molecule has 0 aliphatic carbocycles. The molecule has 0 spiro atoms. The lowest BCUT2D eigenvalue weighted by Gasteiger charge is -2.00. The minimum Gasteiger partial charge on any atom is -0.449 e. The number of ether oxygens (including phenoxy) is 1. The summed E-state index contributed by atoms with van der Waals surface area (Å²) in [6.45, 7) is 1.28. The molecular formula is C5H8N2O2. The van der Waals surface area contributed by atoms with Crippen molar-refractivity contribution in [3.8, 4) is 6.07 Å².